The van der Waals surface area contributed by atoms with E-state index >= 15 is 0 Å². The molecule has 0 aromatic heterocycles. The molecule has 9 nitrogen and oxygen atoms in total. The molecular formula is C26H22N4O5. The van der Waals surface area contributed by atoms with E-state index in [0.717, 1.165) is 5.56 Å². The molecule has 176 valence electrons. The molecule has 35 heavy (non-hydrogen) atoms. The topological polar surface area (TPSA) is 112 Å². The Hall–Kier alpha value is -4.84. The summed E-state index contributed by atoms with van der Waals surface area (Å²) in [6.45, 7) is 0.220. The molecule has 3 aromatic rings. The Morgan fingerprint density at radius 2 is 1.71 bits per heavy atom. The lowest BCUT2D eigenvalue weighted by atomic mass is 10.1. The summed E-state index contributed by atoms with van der Waals surface area (Å²) < 4.78 is 11.1. The van der Waals surface area contributed by atoms with E-state index in [-0.39, 0.29) is 18.0 Å². The maximum atomic E-state index is 13.2. The fourth-order valence-corrected chi connectivity index (χ4v) is 3.63. The van der Waals surface area contributed by atoms with Gasteiger partial charge in [-0.2, -0.15) is 5.26 Å². The van der Waals surface area contributed by atoms with Crippen LogP contribution in [0.25, 0.3) is 0 Å². The maximum Gasteiger partial charge on any atom is 0.329 e. The Morgan fingerprint density at radius 3 is 2.29 bits per heavy atom. The number of benzene rings is 3. The van der Waals surface area contributed by atoms with Gasteiger partial charge in [-0.25, -0.2) is 4.79 Å². The Kier molecular flexibility index (Phi) is 6.64. The van der Waals surface area contributed by atoms with Crippen LogP contribution in [-0.4, -0.2) is 43.4 Å². The standard InChI is InChI=1S/C26H22N4O5/c1-29(15-18-5-10-21(11-6-18)35-20-8-3-17(14-27)4-9-20)25(32)22-13-19(7-12-23(22)34-2)30-16-24(31)28-26(30)33/h3-13H,15-16H2,1-2H3,(H,28,31,33). The lowest BCUT2D eigenvalue weighted by Crippen LogP contribution is -2.29. The van der Waals surface area contributed by atoms with Gasteiger partial charge in [0.15, 0.2) is 0 Å². The number of ether oxygens (including phenoxy) is 2. The summed E-state index contributed by atoms with van der Waals surface area (Å²) in [6.07, 6.45) is 0. The third-order valence-electron chi connectivity index (χ3n) is 5.43. The van der Waals surface area contributed by atoms with Gasteiger partial charge in [-0.1, -0.05) is 12.1 Å². The van der Waals surface area contributed by atoms with Crippen molar-refractivity contribution >= 4 is 23.5 Å². The molecule has 0 bridgehead atoms. The predicted octanol–water partition coefficient (Wildman–Crippen LogP) is 3.69. The van der Waals surface area contributed by atoms with Crippen molar-refractivity contribution in [2.45, 2.75) is 6.54 Å². The minimum atomic E-state index is -0.532. The van der Waals surface area contributed by atoms with E-state index < -0.39 is 11.9 Å². The number of rotatable bonds is 7. The second-order valence-corrected chi connectivity index (χ2v) is 7.87. The Bertz CT molecular complexity index is 1310. The highest BCUT2D eigenvalue weighted by Crippen LogP contribution is 2.28. The highest BCUT2D eigenvalue weighted by molar-refractivity contribution is 6.12. The van der Waals surface area contributed by atoms with Crippen LogP contribution in [0.2, 0.25) is 0 Å². The number of nitrogens with zero attached hydrogens (tertiary/aromatic N) is 3. The zero-order valence-electron chi connectivity index (χ0n) is 19.1. The molecule has 0 aliphatic carbocycles. The fraction of sp³-hybridized carbons (Fsp3) is 0.154. The van der Waals surface area contributed by atoms with E-state index in [4.69, 9.17) is 14.7 Å². The first-order valence-electron chi connectivity index (χ1n) is 10.7. The normalized spacial score (nSPS) is 12.7. The van der Waals surface area contributed by atoms with Crippen molar-refractivity contribution in [2.24, 2.45) is 0 Å². The number of hydrogen-bond donors (Lipinski definition) is 1. The van der Waals surface area contributed by atoms with Gasteiger partial charge in [0.2, 0.25) is 5.91 Å². The molecule has 3 aromatic carbocycles. The van der Waals surface area contributed by atoms with Crippen LogP contribution in [0.1, 0.15) is 21.5 Å². The number of methoxy groups -OCH3 is 1. The summed E-state index contributed by atoms with van der Waals surface area (Å²) in [5.74, 6) is 0.905. The van der Waals surface area contributed by atoms with Crippen LogP contribution in [0.3, 0.4) is 0 Å². The SMILES string of the molecule is COc1ccc(N2CC(=O)NC2=O)cc1C(=O)N(C)Cc1ccc(Oc2ccc(C#N)cc2)cc1. The van der Waals surface area contributed by atoms with Gasteiger partial charge in [0.1, 0.15) is 23.8 Å². The zero-order valence-corrected chi connectivity index (χ0v) is 19.1. The zero-order chi connectivity index (χ0) is 24.9. The summed E-state index contributed by atoms with van der Waals surface area (Å²) >= 11 is 0. The lowest BCUT2D eigenvalue weighted by molar-refractivity contribution is -0.117. The molecule has 0 saturated carbocycles. The molecule has 1 aliphatic rings. The van der Waals surface area contributed by atoms with Crippen molar-refractivity contribution in [1.82, 2.24) is 10.2 Å². The van der Waals surface area contributed by atoms with Crippen molar-refractivity contribution in [3.63, 3.8) is 0 Å². The van der Waals surface area contributed by atoms with Gasteiger partial charge in [-0.05, 0) is 60.2 Å². The van der Waals surface area contributed by atoms with Crippen LogP contribution in [0.15, 0.2) is 66.7 Å². The number of amides is 4. The number of anilines is 1. The predicted molar refractivity (Wildman–Crippen MR) is 127 cm³/mol. The lowest BCUT2D eigenvalue weighted by Gasteiger charge is -2.21. The second-order valence-electron chi connectivity index (χ2n) is 7.87. The summed E-state index contributed by atoms with van der Waals surface area (Å²) in [5, 5.41) is 11.1. The number of hydrogen-bond acceptors (Lipinski definition) is 6. The molecule has 1 aliphatic heterocycles. The highest BCUT2D eigenvalue weighted by Gasteiger charge is 2.29. The van der Waals surface area contributed by atoms with Crippen LogP contribution in [0.4, 0.5) is 10.5 Å². The molecule has 1 fully saturated rings. The first-order valence-corrected chi connectivity index (χ1v) is 10.7. The number of carbonyl (C=O) groups is 3. The maximum absolute atomic E-state index is 13.2. The monoisotopic (exact) mass is 470 g/mol. The number of imide groups is 1. The van der Waals surface area contributed by atoms with Gasteiger partial charge in [0.05, 0.1) is 24.3 Å². The van der Waals surface area contributed by atoms with E-state index in [9.17, 15) is 14.4 Å². The molecule has 4 amide bonds. The number of urea groups is 1. The number of nitriles is 1. The van der Waals surface area contributed by atoms with E-state index in [0.29, 0.717) is 35.0 Å². The Morgan fingerprint density at radius 1 is 1.06 bits per heavy atom. The van der Waals surface area contributed by atoms with Crippen molar-refractivity contribution in [2.75, 3.05) is 25.6 Å². The van der Waals surface area contributed by atoms with Crippen molar-refractivity contribution < 1.29 is 23.9 Å². The average Bonchev–Trinajstić information content (AvgIpc) is 3.22. The first-order chi connectivity index (χ1) is 16.9. The van der Waals surface area contributed by atoms with Gasteiger partial charge in [0.25, 0.3) is 5.91 Å². The summed E-state index contributed by atoms with van der Waals surface area (Å²) in [7, 11) is 3.13. The largest absolute Gasteiger partial charge is 0.496 e. The minimum absolute atomic E-state index is 0.106. The average molecular weight is 470 g/mol. The molecule has 0 unspecified atom stereocenters. The van der Waals surface area contributed by atoms with Crippen molar-refractivity contribution in [3.8, 4) is 23.3 Å². The van der Waals surface area contributed by atoms with Gasteiger partial charge in [-0.3, -0.25) is 19.8 Å². The Labute approximate surface area is 202 Å². The van der Waals surface area contributed by atoms with Gasteiger partial charge in [0, 0.05) is 19.3 Å². The molecule has 1 N–H and O–H groups in total. The van der Waals surface area contributed by atoms with Gasteiger partial charge >= 0.3 is 6.03 Å². The third kappa shape index (κ3) is 5.23. The third-order valence-corrected chi connectivity index (χ3v) is 5.43. The van der Waals surface area contributed by atoms with Crippen LogP contribution in [0.5, 0.6) is 17.2 Å². The quantitative estimate of drug-likeness (QED) is 0.527. The summed E-state index contributed by atoms with van der Waals surface area (Å²) in [4.78, 5) is 39.6. The molecular weight excluding hydrogens is 448 g/mol. The van der Waals surface area contributed by atoms with Crippen molar-refractivity contribution in [1.29, 1.82) is 5.26 Å². The van der Waals surface area contributed by atoms with Crippen molar-refractivity contribution in [3.05, 3.63) is 83.4 Å². The van der Waals surface area contributed by atoms with E-state index in [2.05, 4.69) is 11.4 Å². The van der Waals surface area contributed by atoms with Crippen LogP contribution in [0, 0.1) is 11.3 Å². The first kappa shape index (κ1) is 23.3. The summed E-state index contributed by atoms with van der Waals surface area (Å²) in [6, 6.07) is 20.4. The molecule has 1 heterocycles. The Balaban J connectivity index is 1.45. The van der Waals surface area contributed by atoms with E-state index in [1.165, 1.54) is 16.9 Å². The minimum Gasteiger partial charge on any atom is -0.496 e. The smallest absolute Gasteiger partial charge is 0.329 e. The molecule has 4 rings (SSSR count). The molecule has 0 spiro atoms. The van der Waals surface area contributed by atoms with E-state index in [1.54, 1.807) is 61.6 Å². The summed E-state index contributed by atoms with van der Waals surface area (Å²) in [5.41, 5.74) is 2.14. The number of nitrogens with one attached hydrogen (secondary N) is 1. The van der Waals surface area contributed by atoms with Crippen LogP contribution in [-0.2, 0) is 11.3 Å². The number of carbonyl (C=O) groups excluding carboxylic acids is 3. The molecule has 0 radical (unpaired) electrons. The van der Waals surface area contributed by atoms with Crippen LogP contribution < -0.4 is 19.7 Å². The second kappa shape index (κ2) is 9.97. The van der Waals surface area contributed by atoms with E-state index in [1.807, 2.05) is 12.1 Å². The molecule has 0 atom stereocenters. The fourth-order valence-electron chi connectivity index (χ4n) is 3.63. The molecule has 9 heteroatoms. The molecule has 1 saturated heterocycles. The highest BCUT2D eigenvalue weighted by atomic mass is 16.5. The van der Waals surface area contributed by atoms with Gasteiger partial charge in [-0.15, -0.1) is 0 Å². The van der Waals surface area contributed by atoms with Crippen LogP contribution >= 0.6 is 0 Å². The van der Waals surface area contributed by atoms with Gasteiger partial charge < -0.3 is 14.4 Å².